The zero-order valence-electron chi connectivity index (χ0n) is 12.5. The molecular formula is C15H22N2O2S. The summed E-state index contributed by atoms with van der Waals surface area (Å²) in [4.78, 5) is 0.341. The zero-order valence-corrected chi connectivity index (χ0v) is 13.3. The van der Waals surface area contributed by atoms with Gasteiger partial charge in [0.15, 0.2) is 0 Å². The molecule has 0 heterocycles. The fourth-order valence-electron chi connectivity index (χ4n) is 2.22. The molecule has 5 heteroatoms. The summed E-state index contributed by atoms with van der Waals surface area (Å²) in [7, 11) is -3.48. The lowest BCUT2D eigenvalue weighted by molar-refractivity contribution is 0.581. The molecule has 0 aliphatic heterocycles. The van der Waals surface area contributed by atoms with Gasteiger partial charge in [-0.3, -0.25) is 0 Å². The smallest absolute Gasteiger partial charge is 0.211 e. The lowest BCUT2D eigenvalue weighted by atomic mass is 9.95. The molecule has 0 saturated heterocycles. The predicted octanol–water partition coefficient (Wildman–Crippen LogP) is 2.74. The first-order valence-corrected chi connectivity index (χ1v) is 8.37. The Balaban J connectivity index is 3.55. The zero-order chi connectivity index (χ0) is 15.3. The summed E-state index contributed by atoms with van der Waals surface area (Å²) in [5.41, 5.74) is 2.62. The molecule has 1 rings (SSSR count). The minimum atomic E-state index is -3.48. The van der Waals surface area contributed by atoms with Crippen LogP contribution in [0.1, 0.15) is 50.3 Å². The van der Waals surface area contributed by atoms with Gasteiger partial charge < -0.3 is 0 Å². The van der Waals surface area contributed by atoms with Gasteiger partial charge in [0, 0.05) is 6.54 Å². The molecule has 0 radical (unpaired) electrons. The van der Waals surface area contributed by atoms with Crippen LogP contribution in [0.4, 0.5) is 0 Å². The largest absolute Gasteiger partial charge is 0.240 e. The van der Waals surface area contributed by atoms with Crippen molar-refractivity contribution in [2.24, 2.45) is 0 Å². The molecule has 0 fully saturated rings. The molecule has 20 heavy (non-hydrogen) atoms. The van der Waals surface area contributed by atoms with Crippen molar-refractivity contribution in [1.82, 2.24) is 4.72 Å². The van der Waals surface area contributed by atoms with E-state index in [4.69, 9.17) is 5.26 Å². The monoisotopic (exact) mass is 294 g/mol. The maximum Gasteiger partial charge on any atom is 0.240 e. The van der Waals surface area contributed by atoms with E-state index in [0.717, 1.165) is 16.7 Å². The molecule has 0 atom stereocenters. The number of aryl methyl sites for hydroxylation is 1. The second kappa shape index (κ2) is 6.87. The van der Waals surface area contributed by atoms with Gasteiger partial charge in [-0.05, 0) is 35.1 Å². The second-order valence-electron chi connectivity index (χ2n) is 5.00. The number of rotatable bonds is 6. The Morgan fingerprint density at radius 1 is 1.25 bits per heavy atom. The fourth-order valence-corrected chi connectivity index (χ4v) is 3.65. The van der Waals surface area contributed by atoms with Crippen molar-refractivity contribution < 1.29 is 8.42 Å². The van der Waals surface area contributed by atoms with Crippen molar-refractivity contribution in [3.8, 4) is 6.07 Å². The molecular weight excluding hydrogens is 272 g/mol. The first kappa shape index (κ1) is 16.7. The number of hydrogen-bond donors (Lipinski definition) is 1. The van der Waals surface area contributed by atoms with Gasteiger partial charge in [0.05, 0.1) is 17.4 Å². The topological polar surface area (TPSA) is 70.0 Å². The Labute approximate surface area is 121 Å². The van der Waals surface area contributed by atoms with Crippen LogP contribution in [-0.4, -0.2) is 15.0 Å². The first-order valence-electron chi connectivity index (χ1n) is 6.89. The standard InChI is InChI=1S/C15H22N2O2S/c1-5-12-10-15(20(18,19)17-6-2)14(11(3)4)9-13(12)7-8-16/h9-11,17H,5-7H2,1-4H3. The van der Waals surface area contributed by atoms with Crippen LogP contribution in [0, 0.1) is 11.3 Å². The summed E-state index contributed by atoms with van der Waals surface area (Å²) in [6.07, 6.45) is 1.02. The second-order valence-corrected chi connectivity index (χ2v) is 6.74. The predicted molar refractivity (Wildman–Crippen MR) is 80.1 cm³/mol. The van der Waals surface area contributed by atoms with Gasteiger partial charge >= 0.3 is 0 Å². The van der Waals surface area contributed by atoms with E-state index in [2.05, 4.69) is 10.8 Å². The highest BCUT2D eigenvalue weighted by Gasteiger charge is 2.21. The molecule has 0 spiro atoms. The van der Waals surface area contributed by atoms with E-state index >= 15 is 0 Å². The maximum absolute atomic E-state index is 12.3. The highest BCUT2D eigenvalue weighted by Crippen LogP contribution is 2.28. The van der Waals surface area contributed by atoms with Crippen LogP contribution in [0.15, 0.2) is 17.0 Å². The van der Waals surface area contributed by atoms with Gasteiger partial charge in [0.1, 0.15) is 0 Å². The van der Waals surface area contributed by atoms with Crippen molar-refractivity contribution in [1.29, 1.82) is 5.26 Å². The molecule has 4 nitrogen and oxygen atoms in total. The highest BCUT2D eigenvalue weighted by molar-refractivity contribution is 7.89. The number of sulfonamides is 1. The van der Waals surface area contributed by atoms with Crippen LogP contribution in [0.2, 0.25) is 0 Å². The fraction of sp³-hybridized carbons (Fsp3) is 0.533. The lowest BCUT2D eigenvalue weighted by Crippen LogP contribution is -2.25. The highest BCUT2D eigenvalue weighted by atomic mass is 32.2. The van der Waals surface area contributed by atoms with Crippen LogP contribution in [0.5, 0.6) is 0 Å². The molecule has 110 valence electrons. The quantitative estimate of drug-likeness (QED) is 0.877. The molecule has 0 bridgehead atoms. The van der Waals surface area contributed by atoms with Crippen LogP contribution >= 0.6 is 0 Å². The Kier molecular flexibility index (Phi) is 5.73. The minimum Gasteiger partial charge on any atom is -0.211 e. The molecule has 0 saturated carbocycles. The van der Waals surface area contributed by atoms with E-state index < -0.39 is 10.0 Å². The van der Waals surface area contributed by atoms with Gasteiger partial charge in [-0.2, -0.15) is 5.26 Å². The first-order chi connectivity index (χ1) is 9.37. The van der Waals surface area contributed by atoms with Crippen LogP contribution in [0.3, 0.4) is 0 Å². The summed E-state index contributed by atoms with van der Waals surface area (Å²) in [5.74, 6) is 0.0850. The third-order valence-corrected chi connectivity index (χ3v) is 4.83. The third kappa shape index (κ3) is 3.59. The van der Waals surface area contributed by atoms with E-state index in [-0.39, 0.29) is 5.92 Å². The van der Waals surface area contributed by atoms with E-state index in [0.29, 0.717) is 24.3 Å². The van der Waals surface area contributed by atoms with Crippen LogP contribution < -0.4 is 4.72 Å². The lowest BCUT2D eigenvalue weighted by Gasteiger charge is -2.17. The van der Waals surface area contributed by atoms with E-state index in [9.17, 15) is 8.42 Å². The summed E-state index contributed by atoms with van der Waals surface area (Å²) < 4.78 is 27.2. The molecule has 0 aliphatic carbocycles. The van der Waals surface area contributed by atoms with Crippen molar-refractivity contribution in [2.75, 3.05) is 6.54 Å². The molecule has 0 unspecified atom stereocenters. The number of benzene rings is 1. The average Bonchev–Trinajstić information content (AvgIpc) is 2.38. The molecule has 1 aromatic rings. The summed E-state index contributed by atoms with van der Waals surface area (Å²) >= 11 is 0. The molecule has 1 aromatic carbocycles. The van der Waals surface area contributed by atoms with Gasteiger partial charge in [-0.1, -0.05) is 33.8 Å². The number of nitrogens with zero attached hydrogens (tertiary/aromatic N) is 1. The maximum atomic E-state index is 12.3. The van der Waals surface area contributed by atoms with Crippen LogP contribution in [0.25, 0.3) is 0 Å². The van der Waals surface area contributed by atoms with Crippen LogP contribution in [-0.2, 0) is 22.9 Å². The Morgan fingerprint density at radius 3 is 2.35 bits per heavy atom. The molecule has 0 amide bonds. The van der Waals surface area contributed by atoms with Gasteiger partial charge in [-0.15, -0.1) is 0 Å². The third-order valence-electron chi connectivity index (χ3n) is 3.23. The Bertz CT molecular complexity index is 613. The summed E-state index contributed by atoms with van der Waals surface area (Å²) in [5, 5.41) is 8.90. The summed E-state index contributed by atoms with van der Waals surface area (Å²) in [6, 6.07) is 5.74. The van der Waals surface area contributed by atoms with Crippen molar-refractivity contribution >= 4 is 10.0 Å². The summed E-state index contributed by atoms with van der Waals surface area (Å²) in [6.45, 7) is 8.01. The van der Waals surface area contributed by atoms with Gasteiger partial charge in [0.25, 0.3) is 0 Å². The number of hydrogen-bond acceptors (Lipinski definition) is 3. The van der Waals surface area contributed by atoms with Crippen molar-refractivity contribution in [2.45, 2.75) is 51.3 Å². The van der Waals surface area contributed by atoms with E-state index in [1.165, 1.54) is 0 Å². The van der Waals surface area contributed by atoms with Gasteiger partial charge in [-0.25, -0.2) is 13.1 Å². The Hall–Kier alpha value is -1.38. The SMILES string of the molecule is CCNS(=O)(=O)c1cc(CC)c(CC#N)cc1C(C)C. The number of nitrogens with one attached hydrogen (secondary N) is 1. The van der Waals surface area contributed by atoms with Crippen molar-refractivity contribution in [3.05, 3.63) is 28.8 Å². The van der Waals surface area contributed by atoms with Gasteiger partial charge in [0.2, 0.25) is 10.0 Å². The van der Waals surface area contributed by atoms with E-state index in [1.54, 1.807) is 13.0 Å². The number of nitriles is 1. The molecule has 0 aliphatic rings. The molecule has 0 aromatic heterocycles. The van der Waals surface area contributed by atoms with E-state index in [1.807, 2.05) is 26.8 Å². The average molecular weight is 294 g/mol. The Morgan fingerprint density at radius 2 is 1.90 bits per heavy atom. The minimum absolute atomic E-state index is 0.0850. The normalized spacial score (nSPS) is 11.6. The molecule has 1 N–H and O–H groups in total. The van der Waals surface area contributed by atoms with Crippen molar-refractivity contribution in [3.63, 3.8) is 0 Å².